The summed E-state index contributed by atoms with van der Waals surface area (Å²) in [5, 5.41) is 11.1. The van der Waals surface area contributed by atoms with Crippen LogP contribution in [0, 0.1) is 5.82 Å². The summed E-state index contributed by atoms with van der Waals surface area (Å²) in [6.45, 7) is 0.841. The standard InChI is InChI=1S/C24H28FN3O5S/c1-26(2)14-7-15-28-21(18-8-5-6-9-19(18)25)20(23(30)24(28)31)22(29)16-10-12-17(13-11-16)34(32,33)27(3)4/h5-6,8-13,21,29H,7,14-15H2,1-4H3/b22-20+. The average molecular weight is 490 g/mol. The number of likely N-dealkylation sites (tertiary alicyclic amines) is 1. The van der Waals surface area contributed by atoms with Crippen LogP contribution in [0.4, 0.5) is 4.39 Å². The molecule has 3 rings (SSSR count). The molecule has 182 valence electrons. The Morgan fingerprint density at radius 1 is 1.03 bits per heavy atom. The Hall–Kier alpha value is -3.08. The first-order valence-electron chi connectivity index (χ1n) is 10.7. The lowest BCUT2D eigenvalue weighted by molar-refractivity contribution is -0.140. The van der Waals surface area contributed by atoms with Crippen LogP contribution in [0.15, 0.2) is 59.0 Å². The minimum absolute atomic E-state index is 0.00356. The summed E-state index contributed by atoms with van der Waals surface area (Å²) in [6.07, 6.45) is 0.544. The highest BCUT2D eigenvalue weighted by Gasteiger charge is 2.46. The third-order valence-corrected chi connectivity index (χ3v) is 7.48. The van der Waals surface area contributed by atoms with Gasteiger partial charge in [-0.2, -0.15) is 0 Å². The Morgan fingerprint density at radius 3 is 2.21 bits per heavy atom. The molecule has 2 aromatic carbocycles. The molecule has 0 saturated carbocycles. The maximum Gasteiger partial charge on any atom is 0.295 e. The van der Waals surface area contributed by atoms with E-state index in [1.165, 1.54) is 61.5 Å². The summed E-state index contributed by atoms with van der Waals surface area (Å²) in [5.74, 6) is -2.83. The van der Waals surface area contributed by atoms with Crippen LogP contribution < -0.4 is 0 Å². The Labute approximate surface area is 198 Å². The molecule has 1 unspecified atom stereocenters. The van der Waals surface area contributed by atoms with Gasteiger partial charge in [-0.1, -0.05) is 18.2 Å². The van der Waals surface area contributed by atoms with Crippen LogP contribution in [0.5, 0.6) is 0 Å². The molecule has 34 heavy (non-hydrogen) atoms. The number of sulfonamides is 1. The first-order valence-corrected chi connectivity index (χ1v) is 12.1. The molecule has 1 saturated heterocycles. The monoisotopic (exact) mass is 489 g/mol. The van der Waals surface area contributed by atoms with Crippen molar-refractivity contribution < 1.29 is 27.5 Å². The summed E-state index contributed by atoms with van der Waals surface area (Å²) < 4.78 is 40.5. The van der Waals surface area contributed by atoms with E-state index in [2.05, 4.69) is 0 Å². The smallest absolute Gasteiger partial charge is 0.295 e. The third-order valence-electron chi connectivity index (χ3n) is 5.65. The normalized spacial score (nSPS) is 18.3. The number of ketones is 1. The first-order chi connectivity index (χ1) is 16.0. The molecule has 2 aromatic rings. The molecule has 0 spiro atoms. The molecule has 0 bridgehead atoms. The lowest BCUT2D eigenvalue weighted by Gasteiger charge is -2.26. The van der Waals surface area contributed by atoms with E-state index in [0.717, 1.165) is 4.31 Å². The van der Waals surface area contributed by atoms with Crippen molar-refractivity contribution >= 4 is 27.5 Å². The number of hydrogen-bond donors (Lipinski definition) is 1. The van der Waals surface area contributed by atoms with E-state index in [9.17, 15) is 27.5 Å². The average Bonchev–Trinajstić information content (AvgIpc) is 3.03. The van der Waals surface area contributed by atoms with Crippen molar-refractivity contribution in [3.63, 3.8) is 0 Å². The van der Waals surface area contributed by atoms with Crippen LogP contribution in [-0.2, 0) is 19.6 Å². The van der Waals surface area contributed by atoms with Gasteiger partial charge >= 0.3 is 0 Å². The SMILES string of the molecule is CN(C)CCCN1C(=O)C(=O)/C(=C(/O)c2ccc(S(=O)(=O)N(C)C)cc2)C1c1ccccc1F. The molecule has 1 heterocycles. The lowest BCUT2D eigenvalue weighted by atomic mass is 9.95. The van der Waals surface area contributed by atoms with Gasteiger partial charge in [0.1, 0.15) is 11.6 Å². The van der Waals surface area contributed by atoms with Gasteiger partial charge in [0.2, 0.25) is 10.0 Å². The molecule has 0 radical (unpaired) electrons. The topological polar surface area (TPSA) is 98.2 Å². The second kappa shape index (κ2) is 10.0. The fraction of sp³-hybridized carbons (Fsp3) is 0.333. The number of Topliss-reactive ketones (excluding diaryl/α,β-unsaturated/α-hetero) is 1. The molecule has 1 N–H and O–H groups in total. The van der Waals surface area contributed by atoms with Crippen LogP contribution in [-0.4, -0.2) is 80.6 Å². The molecular weight excluding hydrogens is 461 g/mol. The highest BCUT2D eigenvalue weighted by atomic mass is 32.2. The molecule has 1 aliphatic heterocycles. The van der Waals surface area contributed by atoms with Crippen LogP contribution in [0.2, 0.25) is 0 Å². The molecule has 8 nitrogen and oxygen atoms in total. The predicted molar refractivity (Wildman–Crippen MR) is 126 cm³/mol. The Morgan fingerprint density at radius 2 is 1.65 bits per heavy atom. The summed E-state index contributed by atoms with van der Waals surface area (Å²) >= 11 is 0. The van der Waals surface area contributed by atoms with Gasteiger partial charge in [-0.05, 0) is 57.4 Å². The van der Waals surface area contributed by atoms with Crippen molar-refractivity contribution in [1.82, 2.24) is 14.1 Å². The van der Waals surface area contributed by atoms with Crippen molar-refractivity contribution in [2.75, 3.05) is 41.3 Å². The maximum atomic E-state index is 14.8. The van der Waals surface area contributed by atoms with Gasteiger partial charge < -0.3 is 14.9 Å². The molecule has 0 aromatic heterocycles. The molecule has 1 amide bonds. The maximum absolute atomic E-state index is 14.8. The number of nitrogens with zero attached hydrogens (tertiary/aromatic N) is 3. The molecular formula is C24H28FN3O5S. The zero-order chi connectivity index (χ0) is 25.2. The first kappa shape index (κ1) is 25.5. The second-order valence-electron chi connectivity index (χ2n) is 8.48. The van der Waals surface area contributed by atoms with Crippen molar-refractivity contribution in [3.8, 4) is 0 Å². The quantitative estimate of drug-likeness (QED) is 0.348. The number of carbonyl (C=O) groups excluding carboxylic acids is 2. The van der Waals surface area contributed by atoms with Gasteiger partial charge in [-0.3, -0.25) is 9.59 Å². The van der Waals surface area contributed by atoms with Crippen LogP contribution in [0.1, 0.15) is 23.6 Å². The van der Waals surface area contributed by atoms with E-state index >= 15 is 0 Å². The number of rotatable bonds is 8. The van der Waals surface area contributed by atoms with Gasteiger partial charge in [0.25, 0.3) is 11.7 Å². The second-order valence-corrected chi connectivity index (χ2v) is 10.6. The van der Waals surface area contributed by atoms with E-state index in [4.69, 9.17) is 0 Å². The minimum atomic E-state index is -3.69. The number of carbonyl (C=O) groups is 2. The highest BCUT2D eigenvalue weighted by Crippen LogP contribution is 2.40. The van der Waals surface area contributed by atoms with Gasteiger partial charge in [-0.15, -0.1) is 0 Å². The number of halogens is 1. The fourth-order valence-electron chi connectivity index (χ4n) is 3.84. The number of hydrogen-bond acceptors (Lipinski definition) is 6. The van der Waals surface area contributed by atoms with Gasteiger partial charge in [0.05, 0.1) is 16.5 Å². The lowest BCUT2D eigenvalue weighted by Crippen LogP contribution is -2.32. The zero-order valence-corrected chi connectivity index (χ0v) is 20.3. The Bertz CT molecular complexity index is 1220. The number of aliphatic hydroxyl groups is 1. The van der Waals surface area contributed by atoms with Crippen LogP contribution >= 0.6 is 0 Å². The molecule has 1 aliphatic rings. The van der Waals surface area contributed by atoms with Gasteiger partial charge in [0, 0.05) is 31.8 Å². The van der Waals surface area contributed by atoms with Gasteiger partial charge in [0.15, 0.2) is 0 Å². The van der Waals surface area contributed by atoms with Crippen molar-refractivity contribution in [2.24, 2.45) is 0 Å². The molecule has 10 heteroatoms. The number of amides is 1. The Kier molecular flexibility index (Phi) is 7.54. The van der Waals surface area contributed by atoms with Crippen LogP contribution in [0.25, 0.3) is 5.76 Å². The summed E-state index contributed by atoms with van der Waals surface area (Å²) in [4.78, 5) is 29.1. The summed E-state index contributed by atoms with van der Waals surface area (Å²) in [7, 11) is 2.86. The molecule has 1 atom stereocenters. The van der Waals surface area contributed by atoms with Crippen molar-refractivity contribution in [3.05, 3.63) is 71.0 Å². The predicted octanol–water partition coefficient (Wildman–Crippen LogP) is 2.45. The van der Waals surface area contributed by atoms with Crippen molar-refractivity contribution in [1.29, 1.82) is 0 Å². The fourth-order valence-corrected chi connectivity index (χ4v) is 4.74. The highest BCUT2D eigenvalue weighted by molar-refractivity contribution is 7.89. The van der Waals surface area contributed by atoms with E-state index in [1.807, 2.05) is 19.0 Å². The largest absolute Gasteiger partial charge is 0.507 e. The third kappa shape index (κ3) is 4.89. The summed E-state index contributed by atoms with van der Waals surface area (Å²) in [6, 6.07) is 10.0. The minimum Gasteiger partial charge on any atom is -0.507 e. The van der Waals surface area contributed by atoms with E-state index < -0.39 is 39.3 Å². The number of benzene rings is 2. The Balaban J connectivity index is 2.10. The molecule has 0 aliphatic carbocycles. The van der Waals surface area contributed by atoms with E-state index in [-0.39, 0.29) is 28.1 Å². The number of aliphatic hydroxyl groups excluding tert-OH is 1. The van der Waals surface area contributed by atoms with E-state index in [0.29, 0.717) is 13.0 Å². The van der Waals surface area contributed by atoms with Gasteiger partial charge in [-0.25, -0.2) is 17.1 Å². The van der Waals surface area contributed by atoms with Crippen molar-refractivity contribution in [2.45, 2.75) is 17.4 Å². The van der Waals surface area contributed by atoms with Crippen LogP contribution in [0.3, 0.4) is 0 Å². The molecule has 1 fully saturated rings. The van der Waals surface area contributed by atoms with E-state index in [1.54, 1.807) is 6.07 Å². The summed E-state index contributed by atoms with van der Waals surface area (Å²) in [5.41, 5.74) is 0.00779. The zero-order valence-electron chi connectivity index (χ0n) is 19.5.